The lowest BCUT2D eigenvalue weighted by Gasteiger charge is -2.26. The number of fused-ring (bicyclic) bond motifs is 3. The number of esters is 1. The average Bonchev–Trinajstić information content (AvgIpc) is 3.77. The number of ether oxygens (including phenoxy) is 2. The molecule has 0 bridgehead atoms. The number of benzene rings is 3. The van der Waals surface area contributed by atoms with Crippen LogP contribution in [0.15, 0.2) is 104 Å². The Morgan fingerprint density at radius 2 is 1.59 bits per heavy atom. The molecule has 0 radical (unpaired) electrons. The first-order chi connectivity index (χ1) is 24.8. The molecule has 1 aliphatic heterocycles. The van der Waals surface area contributed by atoms with Crippen molar-refractivity contribution in [2.45, 2.75) is 62.6 Å². The van der Waals surface area contributed by atoms with Gasteiger partial charge in [0.2, 0.25) is 11.8 Å². The van der Waals surface area contributed by atoms with E-state index in [4.69, 9.17) is 9.47 Å². The second-order valence-electron chi connectivity index (χ2n) is 13.0. The number of amides is 3. The molecule has 5 rings (SSSR count). The van der Waals surface area contributed by atoms with Crippen molar-refractivity contribution in [3.05, 3.63) is 121 Å². The van der Waals surface area contributed by atoms with E-state index in [1.165, 1.54) is 0 Å². The number of allylic oxidation sites excluding steroid dienone is 2. The third-order valence-corrected chi connectivity index (χ3v) is 9.62. The molecular weight excluding hydrogens is 646 g/mol. The van der Waals surface area contributed by atoms with E-state index in [-0.39, 0.29) is 62.8 Å². The molecule has 3 amide bonds. The molecule has 0 aromatic heterocycles. The zero-order valence-corrected chi connectivity index (χ0v) is 28.9. The van der Waals surface area contributed by atoms with Crippen molar-refractivity contribution in [3.8, 4) is 11.1 Å². The maximum absolute atomic E-state index is 13.7. The van der Waals surface area contributed by atoms with Crippen LogP contribution in [-0.2, 0) is 23.9 Å². The highest BCUT2D eigenvalue weighted by molar-refractivity contribution is 5.86. The predicted molar refractivity (Wildman–Crippen MR) is 194 cm³/mol. The summed E-state index contributed by atoms with van der Waals surface area (Å²) in [6.07, 6.45) is 4.08. The summed E-state index contributed by atoms with van der Waals surface area (Å²) < 4.78 is 11.7. The smallest absolute Gasteiger partial charge is 0.407 e. The van der Waals surface area contributed by atoms with Gasteiger partial charge in [-0.1, -0.05) is 91.0 Å². The molecule has 2 aliphatic rings. The first-order valence-corrected chi connectivity index (χ1v) is 17.6. The Kier molecular flexibility index (Phi) is 13.2. The predicted octanol–water partition coefficient (Wildman–Crippen LogP) is 5.83. The van der Waals surface area contributed by atoms with Crippen molar-refractivity contribution in [2.24, 2.45) is 5.92 Å². The molecule has 3 N–H and O–H groups in total. The van der Waals surface area contributed by atoms with Gasteiger partial charge in [0.25, 0.3) is 0 Å². The molecule has 0 unspecified atom stereocenters. The standard InChI is InChI=1S/C41H47N3O7/c1-3-5-22-36(43-41(49)50-27-35-33-20-11-9-18-31(33)32-19-10-12-21-34(32)35)40(48)51-37(28-15-7-6-8-16-28)25-42-39(47)29(14-4-2)24-38(46)44-23-13-17-30(44)26-45/h3-4,6-12,15-16,18-21,29-30,35-37,45H,1-2,5,13-14,17,22-27H2,(H,42,47)(H,43,49)/t29-,30-,36-,37-/m0/s1. The van der Waals surface area contributed by atoms with E-state index >= 15 is 0 Å². The fourth-order valence-corrected chi connectivity index (χ4v) is 6.94. The maximum Gasteiger partial charge on any atom is 0.407 e. The van der Waals surface area contributed by atoms with Crippen LogP contribution in [-0.4, -0.2) is 72.3 Å². The normalized spacial score (nSPS) is 16.6. The van der Waals surface area contributed by atoms with E-state index in [9.17, 15) is 24.3 Å². The summed E-state index contributed by atoms with van der Waals surface area (Å²) in [6, 6.07) is 23.8. The lowest BCUT2D eigenvalue weighted by atomic mass is 9.98. The van der Waals surface area contributed by atoms with Gasteiger partial charge in [-0.15, -0.1) is 13.2 Å². The van der Waals surface area contributed by atoms with Crippen LogP contribution in [0.1, 0.15) is 67.2 Å². The molecule has 0 saturated carbocycles. The molecule has 3 aromatic rings. The van der Waals surface area contributed by atoms with Gasteiger partial charge in [0, 0.05) is 18.9 Å². The highest BCUT2D eigenvalue weighted by Crippen LogP contribution is 2.44. The molecule has 4 atom stereocenters. The number of hydrogen-bond donors (Lipinski definition) is 3. The number of hydrogen-bond acceptors (Lipinski definition) is 7. The van der Waals surface area contributed by atoms with Crippen molar-refractivity contribution in [2.75, 3.05) is 26.3 Å². The largest absolute Gasteiger partial charge is 0.454 e. The number of aliphatic hydroxyl groups excluding tert-OH is 1. The second-order valence-corrected chi connectivity index (χ2v) is 13.0. The van der Waals surface area contributed by atoms with Crippen LogP contribution < -0.4 is 10.6 Å². The number of carbonyl (C=O) groups is 4. The number of carbonyl (C=O) groups excluding carboxylic acids is 4. The Bertz CT molecular complexity index is 1650. The summed E-state index contributed by atoms with van der Waals surface area (Å²) in [5, 5.41) is 15.2. The number of aliphatic hydroxyl groups is 1. The second kappa shape index (κ2) is 18.1. The molecular formula is C41H47N3O7. The highest BCUT2D eigenvalue weighted by atomic mass is 16.6. The molecule has 1 heterocycles. The summed E-state index contributed by atoms with van der Waals surface area (Å²) in [4.78, 5) is 54.9. The van der Waals surface area contributed by atoms with Crippen molar-refractivity contribution >= 4 is 23.9 Å². The molecule has 1 saturated heterocycles. The van der Waals surface area contributed by atoms with Gasteiger partial charge >= 0.3 is 12.1 Å². The van der Waals surface area contributed by atoms with Crippen molar-refractivity contribution in [1.82, 2.24) is 15.5 Å². The Labute approximate surface area is 299 Å². The molecule has 3 aromatic carbocycles. The van der Waals surface area contributed by atoms with Crippen molar-refractivity contribution in [1.29, 1.82) is 0 Å². The van der Waals surface area contributed by atoms with Crippen molar-refractivity contribution in [3.63, 3.8) is 0 Å². The average molecular weight is 694 g/mol. The van der Waals surface area contributed by atoms with Gasteiger partial charge in [0.15, 0.2) is 0 Å². The number of rotatable bonds is 17. The van der Waals surface area contributed by atoms with E-state index in [1.54, 1.807) is 41.3 Å². The van der Waals surface area contributed by atoms with Gasteiger partial charge in [-0.2, -0.15) is 0 Å². The van der Waals surface area contributed by atoms with Crippen LogP contribution in [0.5, 0.6) is 0 Å². The van der Waals surface area contributed by atoms with Gasteiger partial charge in [0.05, 0.1) is 25.1 Å². The van der Waals surface area contributed by atoms with Crippen LogP contribution in [0.3, 0.4) is 0 Å². The van der Waals surface area contributed by atoms with E-state index in [0.29, 0.717) is 18.5 Å². The zero-order valence-electron chi connectivity index (χ0n) is 28.9. The molecule has 51 heavy (non-hydrogen) atoms. The lowest BCUT2D eigenvalue weighted by molar-refractivity contribution is -0.152. The van der Waals surface area contributed by atoms with Crippen molar-refractivity contribution < 1.29 is 33.8 Å². The first-order valence-electron chi connectivity index (χ1n) is 17.6. The monoisotopic (exact) mass is 693 g/mol. The lowest BCUT2D eigenvalue weighted by Crippen LogP contribution is -2.44. The first kappa shape index (κ1) is 37.0. The Balaban J connectivity index is 1.22. The van der Waals surface area contributed by atoms with Crippen LogP contribution >= 0.6 is 0 Å². The highest BCUT2D eigenvalue weighted by Gasteiger charge is 2.33. The fraction of sp³-hybridized carbons (Fsp3) is 0.366. The summed E-state index contributed by atoms with van der Waals surface area (Å²) in [7, 11) is 0. The summed E-state index contributed by atoms with van der Waals surface area (Å²) >= 11 is 0. The Hall–Kier alpha value is -5.22. The number of nitrogens with one attached hydrogen (secondary N) is 2. The zero-order chi connectivity index (χ0) is 36.2. The minimum absolute atomic E-state index is 0.0299. The van der Waals surface area contributed by atoms with E-state index in [0.717, 1.165) is 35.1 Å². The van der Waals surface area contributed by atoms with E-state index in [1.807, 2.05) is 42.5 Å². The topological polar surface area (TPSA) is 134 Å². The third kappa shape index (κ3) is 9.32. The molecule has 1 fully saturated rings. The summed E-state index contributed by atoms with van der Waals surface area (Å²) in [5.74, 6) is -2.07. The molecule has 0 spiro atoms. The molecule has 10 nitrogen and oxygen atoms in total. The molecule has 10 heteroatoms. The Morgan fingerprint density at radius 1 is 0.922 bits per heavy atom. The van der Waals surface area contributed by atoms with Gasteiger partial charge in [0.1, 0.15) is 18.8 Å². The van der Waals surface area contributed by atoms with Gasteiger partial charge in [-0.25, -0.2) is 9.59 Å². The minimum Gasteiger partial charge on any atom is -0.454 e. The minimum atomic E-state index is -1.04. The summed E-state index contributed by atoms with van der Waals surface area (Å²) in [6.45, 7) is 7.99. The third-order valence-electron chi connectivity index (χ3n) is 9.62. The number of alkyl carbamates (subject to hydrolysis) is 1. The van der Waals surface area contributed by atoms with E-state index in [2.05, 4.69) is 35.9 Å². The van der Waals surface area contributed by atoms with Gasteiger partial charge in [-0.05, 0) is 59.9 Å². The van der Waals surface area contributed by atoms with Crippen LogP contribution in [0.25, 0.3) is 11.1 Å². The van der Waals surface area contributed by atoms with Crippen LogP contribution in [0, 0.1) is 5.92 Å². The summed E-state index contributed by atoms with van der Waals surface area (Å²) in [5.41, 5.74) is 5.02. The van der Waals surface area contributed by atoms with Gasteiger partial charge in [-0.3, -0.25) is 9.59 Å². The fourth-order valence-electron chi connectivity index (χ4n) is 6.94. The van der Waals surface area contributed by atoms with Crippen LogP contribution in [0.2, 0.25) is 0 Å². The Morgan fingerprint density at radius 3 is 2.24 bits per heavy atom. The molecule has 268 valence electrons. The van der Waals surface area contributed by atoms with Gasteiger partial charge < -0.3 is 30.1 Å². The SMILES string of the molecule is C=CCC[C@H](NC(=O)OCC1c2ccccc2-c2ccccc21)C(=O)O[C@@H](CNC(=O)[C@@H](CC=C)CC(=O)N1CCC[C@H]1CO)c1ccccc1. The number of likely N-dealkylation sites (tertiary alicyclic amines) is 1. The maximum atomic E-state index is 13.7. The van der Waals surface area contributed by atoms with E-state index < -0.39 is 30.1 Å². The number of nitrogens with zero attached hydrogens (tertiary/aromatic N) is 1. The van der Waals surface area contributed by atoms with Crippen LogP contribution in [0.4, 0.5) is 4.79 Å². The molecule has 1 aliphatic carbocycles. The quantitative estimate of drug-likeness (QED) is 0.120.